The van der Waals surface area contributed by atoms with Crippen LogP contribution in [0.25, 0.3) is 0 Å². The lowest BCUT2D eigenvalue weighted by Crippen LogP contribution is -2.49. The number of aryl methyl sites for hydroxylation is 1. The van der Waals surface area contributed by atoms with Gasteiger partial charge in [0.15, 0.2) is 9.84 Å². The minimum atomic E-state index is -3.23. The van der Waals surface area contributed by atoms with E-state index in [1.165, 1.54) is 18.0 Å². The Bertz CT molecular complexity index is 1610. The van der Waals surface area contributed by atoms with Crippen molar-refractivity contribution in [1.82, 2.24) is 19.6 Å². The number of rotatable bonds is 12. The normalized spacial score (nSPS) is 21.1. The van der Waals surface area contributed by atoms with Crippen LogP contribution in [0.1, 0.15) is 81.3 Å². The first-order valence-electron chi connectivity index (χ1n) is 16.6. The van der Waals surface area contributed by atoms with Gasteiger partial charge in [0.1, 0.15) is 11.9 Å². The number of carboxylic acids is 1. The van der Waals surface area contributed by atoms with Crippen LogP contribution in [-0.4, -0.2) is 84.1 Å². The molecule has 3 aromatic rings. The van der Waals surface area contributed by atoms with Crippen molar-refractivity contribution in [2.24, 2.45) is 11.3 Å². The van der Waals surface area contributed by atoms with Crippen molar-refractivity contribution in [2.75, 3.05) is 39.0 Å². The summed E-state index contributed by atoms with van der Waals surface area (Å²) in [5, 5.41) is 15.2. The highest BCUT2D eigenvalue weighted by Gasteiger charge is 2.45. The van der Waals surface area contributed by atoms with Gasteiger partial charge in [0.05, 0.1) is 10.6 Å². The fourth-order valence-electron chi connectivity index (χ4n) is 7.56. The second kappa shape index (κ2) is 14.0. The molecule has 0 spiro atoms. The van der Waals surface area contributed by atoms with Crippen LogP contribution in [0.3, 0.4) is 0 Å². The molecule has 1 aromatic heterocycles. The number of halogens is 1. The van der Waals surface area contributed by atoms with Gasteiger partial charge >= 0.3 is 5.97 Å². The van der Waals surface area contributed by atoms with Gasteiger partial charge in [0.2, 0.25) is 0 Å². The molecule has 2 saturated heterocycles. The number of carboxylic acid groups (broad SMARTS) is 1. The fraction of sp³-hybridized carbons (Fsp3) is 0.556. The molecule has 3 atom stereocenters. The lowest BCUT2D eigenvalue weighted by atomic mass is 9.81. The highest BCUT2D eigenvalue weighted by Crippen LogP contribution is 2.40. The Hall–Kier alpha value is -3.08. The molecule has 0 radical (unpaired) electrons. The number of hydrogen-bond acceptors (Lipinski definition) is 6. The molecule has 250 valence electrons. The first-order chi connectivity index (χ1) is 21.8. The molecular formula is C36H49FN4O4S. The number of hydrogen-bond donors (Lipinski definition) is 1. The molecule has 3 unspecified atom stereocenters. The van der Waals surface area contributed by atoms with E-state index in [9.17, 15) is 22.7 Å². The second-order valence-corrected chi connectivity index (χ2v) is 16.0. The number of benzene rings is 2. The molecule has 0 aliphatic carbocycles. The largest absolute Gasteiger partial charge is 0.480 e. The van der Waals surface area contributed by atoms with Crippen LogP contribution in [0.4, 0.5) is 4.39 Å². The maximum atomic E-state index is 14.3. The Labute approximate surface area is 273 Å². The van der Waals surface area contributed by atoms with Crippen molar-refractivity contribution in [1.29, 1.82) is 0 Å². The van der Waals surface area contributed by atoms with Crippen LogP contribution in [0.2, 0.25) is 0 Å². The van der Waals surface area contributed by atoms with Crippen LogP contribution in [0.5, 0.6) is 0 Å². The third-order valence-electron chi connectivity index (χ3n) is 10.4. The fourth-order valence-corrected chi connectivity index (χ4v) is 8.19. The molecule has 1 N–H and O–H groups in total. The van der Waals surface area contributed by atoms with Crippen LogP contribution in [0.15, 0.2) is 59.5 Å². The summed E-state index contributed by atoms with van der Waals surface area (Å²) in [7, 11) is -3.23. The van der Waals surface area contributed by atoms with Gasteiger partial charge in [-0.3, -0.25) is 14.4 Å². The van der Waals surface area contributed by atoms with Gasteiger partial charge in [-0.2, -0.15) is 5.10 Å². The van der Waals surface area contributed by atoms with E-state index in [4.69, 9.17) is 5.10 Å². The highest BCUT2D eigenvalue weighted by atomic mass is 32.2. The van der Waals surface area contributed by atoms with Crippen LogP contribution in [-0.2, 0) is 27.6 Å². The molecule has 0 amide bonds. The number of nitrogens with zero attached hydrogens (tertiary/aromatic N) is 4. The summed E-state index contributed by atoms with van der Waals surface area (Å²) in [5.74, 6) is -0.375. The van der Waals surface area contributed by atoms with Crippen molar-refractivity contribution >= 4 is 15.8 Å². The number of sulfone groups is 1. The van der Waals surface area contributed by atoms with E-state index in [2.05, 4.69) is 27.5 Å². The highest BCUT2D eigenvalue weighted by molar-refractivity contribution is 7.90. The SMILES string of the molecule is CCn1nc(Cc2ccc(S(C)(=O)=O)cc2)cc1C1CCN(CC2CN(C(C(=O)O)C(C)(C)CC)CC2c2cccc(F)c2)CC1. The quantitative estimate of drug-likeness (QED) is 0.264. The Balaban J connectivity index is 1.26. The molecule has 0 bridgehead atoms. The Morgan fingerprint density at radius 3 is 2.35 bits per heavy atom. The molecule has 2 fully saturated rings. The predicted molar refractivity (Wildman–Crippen MR) is 178 cm³/mol. The molecule has 8 nitrogen and oxygen atoms in total. The average Bonchev–Trinajstić information content (AvgIpc) is 3.61. The van der Waals surface area contributed by atoms with Gasteiger partial charge in [0, 0.05) is 56.4 Å². The first-order valence-corrected chi connectivity index (χ1v) is 18.5. The molecule has 2 aliphatic rings. The number of carbonyl (C=O) groups is 1. The van der Waals surface area contributed by atoms with Gasteiger partial charge in [-0.15, -0.1) is 0 Å². The lowest BCUT2D eigenvalue weighted by molar-refractivity contribution is -0.147. The second-order valence-electron chi connectivity index (χ2n) is 14.0. The molecule has 3 heterocycles. The molecule has 2 aromatic carbocycles. The average molecular weight is 653 g/mol. The molecule has 0 saturated carbocycles. The standard InChI is InChI=1S/C36H49FN4O4S/c1-6-36(3,4)34(35(42)43)40-23-28(32(24-40)27-9-8-10-29(37)20-27)22-39-17-15-26(16-18-39)33-21-30(38-41(33)7-2)19-25-11-13-31(14-12-25)46(5,44)45/h8-14,20-21,26,28,32,34H,6-7,15-19,22-24H2,1-5H3,(H,42,43). The summed E-state index contributed by atoms with van der Waals surface area (Å²) in [4.78, 5) is 17.5. The number of piperidine rings is 1. The minimum absolute atomic E-state index is 0.0681. The number of likely N-dealkylation sites (tertiary alicyclic amines) is 2. The topological polar surface area (TPSA) is 95.7 Å². The monoisotopic (exact) mass is 652 g/mol. The van der Waals surface area contributed by atoms with E-state index < -0.39 is 21.8 Å². The van der Waals surface area contributed by atoms with Crippen molar-refractivity contribution in [3.8, 4) is 0 Å². The van der Waals surface area contributed by atoms with Crippen LogP contribution < -0.4 is 0 Å². The van der Waals surface area contributed by atoms with Crippen LogP contribution in [0, 0.1) is 17.2 Å². The van der Waals surface area contributed by atoms with Gasteiger partial charge in [-0.1, -0.05) is 45.0 Å². The Morgan fingerprint density at radius 2 is 1.76 bits per heavy atom. The maximum Gasteiger partial charge on any atom is 0.321 e. The van der Waals surface area contributed by atoms with Crippen molar-refractivity contribution < 1.29 is 22.7 Å². The molecule has 46 heavy (non-hydrogen) atoms. The zero-order chi connectivity index (χ0) is 33.2. The number of aliphatic carboxylic acids is 1. The molecule has 10 heteroatoms. The van der Waals surface area contributed by atoms with E-state index in [1.54, 1.807) is 24.3 Å². The van der Waals surface area contributed by atoms with E-state index >= 15 is 0 Å². The zero-order valence-electron chi connectivity index (χ0n) is 27.8. The number of aromatic nitrogens is 2. The van der Waals surface area contributed by atoms with E-state index in [1.807, 2.05) is 39.0 Å². The zero-order valence-corrected chi connectivity index (χ0v) is 28.6. The summed E-state index contributed by atoms with van der Waals surface area (Å²) in [6, 6.07) is 15.5. The predicted octanol–water partition coefficient (Wildman–Crippen LogP) is 5.82. The molecular weight excluding hydrogens is 603 g/mol. The summed E-state index contributed by atoms with van der Waals surface area (Å²) < 4.78 is 40.1. The van der Waals surface area contributed by atoms with Gasteiger partial charge < -0.3 is 10.0 Å². The summed E-state index contributed by atoms with van der Waals surface area (Å²) in [6.07, 6.45) is 4.64. The van der Waals surface area contributed by atoms with Crippen molar-refractivity contribution in [3.05, 3.63) is 82.9 Å². The third kappa shape index (κ3) is 7.72. The lowest BCUT2D eigenvalue weighted by Gasteiger charge is -2.37. The summed E-state index contributed by atoms with van der Waals surface area (Å²) >= 11 is 0. The Morgan fingerprint density at radius 1 is 1.07 bits per heavy atom. The van der Waals surface area contributed by atoms with Gasteiger partial charge in [-0.05, 0) is 92.1 Å². The van der Waals surface area contributed by atoms with Crippen LogP contribution >= 0.6 is 0 Å². The van der Waals surface area contributed by atoms with Crippen molar-refractivity contribution in [2.45, 2.75) is 82.7 Å². The third-order valence-corrected chi connectivity index (χ3v) is 11.5. The first kappa shape index (κ1) is 34.3. The van der Waals surface area contributed by atoms with Gasteiger partial charge in [-0.25, -0.2) is 12.8 Å². The molecule has 2 aliphatic heterocycles. The smallest absolute Gasteiger partial charge is 0.321 e. The minimum Gasteiger partial charge on any atom is -0.480 e. The van der Waals surface area contributed by atoms with E-state index in [0.29, 0.717) is 30.3 Å². The van der Waals surface area contributed by atoms with E-state index in [-0.39, 0.29) is 23.1 Å². The maximum absolute atomic E-state index is 14.3. The summed E-state index contributed by atoms with van der Waals surface area (Å²) in [5.41, 5.74) is 3.83. The summed E-state index contributed by atoms with van der Waals surface area (Å²) in [6.45, 7) is 13.0. The van der Waals surface area contributed by atoms with Crippen molar-refractivity contribution in [3.63, 3.8) is 0 Å². The van der Waals surface area contributed by atoms with E-state index in [0.717, 1.165) is 62.3 Å². The Kier molecular flexibility index (Phi) is 10.4. The molecule has 5 rings (SSSR count). The van der Waals surface area contributed by atoms with Gasteiger partial charge in [0.25, 0.3) is 0 Å².